The van der Waals surface area contributed by atoms with Crippen molar-refractivity contribution in [3.8, 4) is 5.75 Å². The fourth-order valence-electron chi connectivity index (χ4n) is 3.19. The maximum absolute atomic E-state index is 13.1. The predicted molar refractivity (Wildman–Crippen MR) is 91.1 cm³/mol. The van der Waals surface area contributed by atoms with E-state index in [4.69, 9.17) is 4.74 Å². The van der Waals surface area contributed by atoms with Gasteiger partial charge in [-0.3, -0.25) is 4.79 Å². The van der Waals surface area contributed by atoms with Crippen molar-refractivity contribution < 1.29 is 9.53 Å². The first kappa shape index (κ1) is 16.3. The fraction of sp³-hybridized carbons (Fsp3) is 0.350. The molecule has 0 aliphatic rings. The fourth-order valence-corrected chi connectivity index (χ4v) is 3.19. The van der Waals surface area contributed by atoms with Gasteiger partial charge in [0.1, 0.15) is 5.75 Å². The van der Waals surface area contributed by atoms with Crippen LogP contribution in [-0.4, -0.2) is 12.4 Å². The van der Waals surface area contributed by atoms with E-state index in [0.717, 1.165) is 23.1 Å². The van der Waals surface area contributed by atoms with Crippen LogP contribution in [0.5, 0.6) is 5.75 Å². The van der Waals surface area contributed by atoms with Gasteiger partial charge in [0.15, 0.2) is 5.78 Å². The Labute approximate surface area is 133 Å². The van der Waals surface area contributed by atoms with Crippen LogP contribution in [0.3, 0.4) is 0 Å². The average Bonchev–Trinajstić information content (AvgIpc) is 2.48. The molecule has 0 heterocycles. The van der Waals surface area contributed by atoms with Crippen LogP contribution in [0.1, 0.15) is 52.0 Å². The molecule has 2 nitrogen and oxygen atoms in total. The first-order valence-electron chi connectivity index (χ1n) is 7.87. The first-order valence-corrected chi connectivity index (χ1v) is 7.87. The molecule has 116 valence electrons. The number of aryl methyl sites for hydroxylation is 2. The highest BCUT2D eigenvalue weighted by Crippen LogP contribution is 2.28. The Hall–Kier alpha value is -2.09. The summed E-state index contributed by atoms with van der Waals surface area (Å²) >= 11 is 0. The highest BCUT2D eigenvalue weighted by Gasteiger charge is 2.20. The molecular formula is C20H24O2. The zero-order valence-corrected chi connectivity index (χ0v) is 14.1. The monoisotopic (exact) mass is 296 g/mol. The SMILES string of the molecule is CCOc1ccccc1C(=O)c1c(C)cc(C)c(CC)c1C. The zero-order chi connectivity index (χ0) is 16.3. The quantitative estimate of drug-likeness (QED) is 0.741. The van der Waals surface area contributed by atoms with Crippen molar-refractivity contribution in [2.75, 3.05) is 6.61 Å². The molecule has 0 amide bonds. The van der Waals surface area contributed by atoms with Crippen molar-refractivity contribution in [1.82, 2.24) is 0 Å². The number of carbonyl (C=O) groups excluding carboxylic acids is 1. The third-order valence-corrected chi connectivity index (χ3v) is 4.14. The van der Waals surface area contributed by atoms with Gasteiger partial charge >= 0.3 is 0 Å². The lowest BCUT2D eigenvalue weighted by atomic mass is 9.88. The third-order valence-electron chi connectivity index (χ3n) is 4.14. The van der Waals surface area contributed by atoms with Crippen LogP contribution in [0.4, 0.5) is 0 Å². The predicted octanol–water partition coefficient (Wildman–Crippen LogP) is 4.80. The summed E-state index contributed by atoms with van der Waals surface area (Å²) in [5, 5.41) is 0. The maximum atomic E-state index is 13.1. The minimum atomic E-state index is 0.0498. The Morgan fingerprint density at radius 1 is 1.05 bits per heavy atom. The average molecular weight is 296 g/mol. The molecule has 0 N–H and O–H groups in total. The third kappa shape index (κ3) is 2.92. The summed E-state index contributed by atoms with van der Waals surface area (Å²) in [5.41, 5.74) is 6.10. The second-order valence-electron chi connectivity index (χ2n) is 5.60. The van der Waals surface area contributed by atoms with E-state index < -0.39 is 0 Å². The van der Waals surface area contributed by atoms with E-state index >= 15 is 0 Å². The van der Waals surface area contributed by atoms with Crippen LogP contribution in [0, 0.1) is 20.8 Å². The van der Waals surface area contributed by atoms with E-state index in [9.17, 15) is 4.79 Å². The van der Waals surface area contributed by atoms with Crippen LogP contribution >= 0.6 is 0 Å². The number of ketones is 1. The molecule has 0 spiro atoms. The summed E-state index contributed by atoms with van der Waals surface area (Å²) in [6.45, 7) is 10.8. The van der Waals surface area contributed by atoms with Crippen LogP contribution in [0.15, 0.2) is 30.3 Å². The molecule has 0 fully saturated rings. The van der Waals surface area contributed by atoms with Crippen LogP contribution < -0.4 is 4.74 Å². The van der Waals surface area contributed by atoms with Crippen molar-refractivity contribution in [3.63, 3.8) is 0 Å². The largest absolute Gasteiger partial charge is 0.493 e. The Kier molecular flexibility index (Phi) is 5.02. The first-order chi connectivity index (χ1) is 10.5. The molecule has 0 saturated carbocycles. The number of para-hydroxylation sites is 1. The van der Waals surface area contributed by atoms with Crippen LogP contribution in [0.25, 0.3) is 0 Å². The Balaban J connectivity index is 2.60. The molecule has 0 bridgehead atoms. The van der Waals surface area contributed by atoms with Gasteiger partial charge in [-0.25, -0.2) is 0 Å². The highest BCUT2D eigenvalue weighted by molar-refractivity contribution is 6.12. The number of carbonyl (C=O) groups is 1. The summed E-state index contributed by atoms with van der Waals surface area (Å²) < 4.78 is 5.62. The van der Waals surface area contributed by atoms with Crippen molar-refractivity contribution in [1.29, 1.82) is 0 Å². The minimum absolute atomic E-state index is 0.0498. The molecular weight excluding hydrogens is 272 g/mol. The molecule has 0 aliphatic carbocycles. The van der Waals surface area contributed by atoms with E-state index in [2.05, 4.69) is 26.8 Å². The molecule has 0 radical (unpaired) electrons. The van der Waals surface area contributed by atoms with Gasteiger partial charge < -0.3 is 4.74 Å². The summed E-state index contributed by atoms with van der Waals surface area (Å²) in [5.74, 6) is 0.709. The van der Waals surface area contributed by atoms with E-state index in [1.165, 1.54) is 11.1 Å². The maximum Gasteiger partial charge on any atom is 0.197 e. The Bertz CT molecular complexity index is 699. The van der Waals surface area contributed by atoms with Crippen LogP contribution in [-0.2, 0) is 6.42 Å². The van der Waals surface area contributed by atoms with Crippen molar-refractivity contribution >= 4 is 5.78 Å². The normalized spacial score (nSPS) is 10.6. The van der Waals surface area contributed by atoms with Gasteiger partial charge in [-0.15, -0.1) is 0 Å². The zero-order valence-electron chi connectivity index (χ0n) is 14.1. The van der Waals surface area contributed by atoms with E-state index in [0.29, 0.717) is 17.9 Å². The number of ether oxygens (including phenoxy) is 1. The van der Waals surface area contributed by atoms with Gasteiger partial charge in [0.05, 0.1) is 12.2 Å². The van der Waals surface area contributed by atoms with Crippen molar-refractivity contribution in [2.45, 2.75) is 41.0 Å². The molecule has 0 saturated heterocycles. The summed E-state index contributed by atoms with van der Waals surface area (Å²) in [6.07, 6.45) is 0.936. The molecule has 0 atom stereocenters. The molecule has 0 aromatic heterocycles. The van der Waals surface area contributed by atoms with Gasteiger partial charge in [-0.05, 0) is 68.5 Å². The molecule has 0 unspecified atom stereocenters. The molecule has 2 rings (SSSR count). The van der Waals surface area contributed by atoms with Gasteiger partial charge in [0.2, 0.25) is 0 Å². The van der Waals surface area contributed by atoms with E-state index in [-0.39, 0.29) is 5.78 Å². The molecule has 2 heteroatoms. The lowest BCUT2D eigenvalue weighted by Gasteiger charge is -2.17. The van der Waals surface area contributed by atoms with Gasteiger partial charge in [-0.1, -0.05) is 25.1 Å². The van der Waals surface area contributed by atoms with Gasteiger partial charge in [0.25, 0.3) is 0 Å². The smallest absolute Gasteiger partial charge is 0.197 e. The summed E-state index contributed by atoms with van der Waals surface area (Å²) in [4.78, 5) is 13.1. The van der Waals surface area contributed by atoms with E-state index in [1.807, 2.05) is 38.1 Å². The molecule has 2 aromatic rings. The molecule has 0 aliphatic heterocycles. The number of hydrogen-bond donors (Lipinski definition) is 0. The summed E-state index contributed by atoms with van der Waals surface area (Å²) in [7, 11) is 0. The lowest BCUT2D eigenvalue weighted by molar-refractivity contribution is 0.103. The Morgan fingerprint density at radius 2 is 1.73 bits per heavy atom. The lowest BCUT2D eigenvalue weighted by Crippen LogP contribution is -2.11. The number of hydrogen-bond acceptors (Lipinski definition) is 2. The van der Waals surface area contributed by atoms with Crippen LogP contribution in [0.2, 0.25) is 0 Å². The van der Waals surface area contributed by atoms with E-state index in [1.54, 1.807) is 0 Å². The highest BCUT2D eigenvalue weighted by atomic mass is 16.5. The Morgan fingerprint density at radius 3 is 2.36 bits per heavy atom. The minimum Gasteiger partial charge on any atom is -0.493 e. The second kappa shape index (κ2) is 6.78. The van der Waals surface area contributed by atoms with Crippen molar-refractivity contribution in [2.24, 2.45) is 0 Å². The van der Waals surface area contributed by atoms with Gasteiger partial charge in [-0.2, -0.15) is 0 Å². The van der Waals surface area contributed by atoms with Gasteiger partial charge in [0, 0.05) is 5.56 Å². The summed E-state index contributed by atoms with van der Waals surface area (Å²) in [6, 6.07) is 9.60. The standard InChI is InChI=1S/C20H24O2/c1-6-16-13(3)12-14(4)19(15(16)5)20(21)17-10-8-9-11-18(17)22-7-2/h8-12H,6-7H2,1-5H3. The number of benzene rings is 2. The second-order valence-corrected chi connectivity index (χ2v) is 5.60. The molecule has 22 heavy (non-hydrogen) atoms. The topological polar surface area (TPSA) is 26.3 Å². The molecule has 2 aromatic carbocycles. The van der Waals surface area contributed by atoms with Crippen molar-refractivity contribution in [3.05, 3.63) is 63.7 Å². The number of rotatable bonds is 5.